The number of β-lactam (4-membered cyclic amide) rings is 1. The van der Waals surface area contributed by atoms with Crippen molar-refractivity contribution in [3.05, 3.63) is 89.3 Å². The molecule has 53 heavy (non-hydrogen) atoms. The Hall–Kier alpha value is -4.82. The lowest BCUT2D eigenvalue weighted by Crippen LogP contribution is -2.85. The highest BCUT2D eigenvalue weighted by atomic mass is 32.2. The second-order valence-electron chi connectivity index (χ2n) is 13.2. The summed E-state index contributed by atoms with van der Waals surface area (Å²) < 4.78 is 10.3. The van der Waals surface area contributed by atoms with Crippen LogP contribution in [0.3, 0.4) is 0 Å². The molecule has 0 radical (unpaired) electrons. The minimum absolute atomic E-state index is 0.00118. The number of rotatable bonds is 11. The molecule has 19 heteroatoms. The summed E-state index contributed by atoms with van der Waals surface area (Å²) >= 11 is 3.77. The molecular weight excluding hydrogens is 745 g/mol. The number of imide groups is 1. The number of benzene rings is 2. The molecule has 3 aliphatic rings. The first kappa shape index (κ1) is 37.9. The van der Waals surface area contributed by atoms with Gasteiger partial charge in [0.15, 0.2) is 0 Å². The van der Waals surface area contributed by atoms with E-state index in [1.54, 1.807) is 57.3 Å². The standard InChI is InChI=1S/C34H36N8O8S3/c1-33(2,3)50-29(46)25-22(18-51-23-16-35-39-53-23)19-52-31-34(38-49,30(47)42(25)31)37-26(43)24(21-12-8-5-9-13-21)36-32(48)41-15-14-40(27(44)28(41)45)17-20-10-6-4-7-11-20/h4-13,16,24,31,38,49H,14-15,17-19H2,1-3H3,(H,36,48)(H,37,43)/t24?,31-,34+/m1/s1. The smallest absolute Gasteiger partial charge is 0.355 e. The first-order valence-electron chi connectivity index (χ1n) is 16.4. The largest absolute Gasteiger partial charge is 0.455 e. The monoisotopic (exact) mass is 780 g/mol. The number of aromatic nitrogens is 2. The molecule has 1 aromatic heterocycles. The average Bonchev–Trinajstić information content (AvgIpc) is 3.67. The number of urea groups is 1. The third-order valence-corrected chi connectivity index (χ3v) is 11.7. The Morgan fingerprint density at radius 3 is 2.38 bits per heavy atom. The van der Waals surface area contributed by atoms with Crippen LogP contribution in [0.5, 0.6) is 0 Å². The van der Waals surface area contributed by atoms with E-state index in [4.69, 9.17) is 4.74 Å². The van der Waals surface area contributed by atoms with Crippen LogP contribution < -0.4 is 16.1 Å². The molecule has 0 bridgehead atoms. The van der Waals surface area contributed by atoms with Gasteiger partial charge in [0.2, 0.25) is 11.6 Å². The van der Waals surface area contributed by atoms with Gasteiger partial charge in [-0.15, -0.1) is 28.6 Å². The molecular formula is C34H36N8O8S3. The number of hydrogen-bond acceptors (Lipinski definition) is 14. The zero-order valence-electron chi connectivity index (χ0n) is 28.8. The summed E-state index contributed by atoms with van der Waals surface area (Å²) in [6, 6.07) is 14.7. The minimum Gasteiger partial charge on any atom is -0.455 e. The predicted molar refractivity (Wildman–Crippen MR) is 194 cm³/mol. The molecule has 4 heterocycles. The average molecular weight is 781 g/mol. The number of esters is 1. The number of ether oxygens (including phenoxy) is 1. The molecule has 0 spiro atoms. The highest BCUT2D eigenvalue weighted by molar-refractivity contribution is 8.01. The number of carbonyl (C=O) groups excluding carboxylic acids is 6. The lowest BCUT2D eigenvalue weighted by Gasteiger charge is -2.56. The van der Waals surface area contributed by atoms with Crippen molar-refractivity contribution in [2.24, 2.45) is 0 Å². The van der Waals surface area contributed by atoms with E-state index in [0.29, 0.717) is 16.9 Å². The first-order valence-corrected chi connectivity index (χ1v) is 19.2. The van der Waals surface area contributed by atoms with Crippen molar-refractivity contribution in [1.82, 2.24) is 40.4 Å². The van der Waals surface area contributed by atoms with E-state index < -0.39 is 58.3 Å². The van der Waals surface area contributed by atoms with Crippen molar-refractivity contribution in [1.29, 1.82) is 0 Å². The maximum Gasteiger partial charge on any atom is 0.355 e. The summed E-state index contributed by atoms with van der Waals surface area (Å²) in [6.07, 6.45) is 1.59. The summed E-state index contributed by atoms with van der Waals surface area (Å²) in [4.78, 5) is 84.7. The van der Waals surface area contributed by atoms with Gasteiger partial charge in [-0.25, -0.2) is 9.59 Å². The van der Waals surface area contributed by atoms with Gasteiger partial charge in [-0.1, -0.05) is 65.2 Å². The molecule has 2 saturated heterocycles. The summed E-state index contributed by atoms with van der Waals surface area (Å²) in [5.74, 6) is -3.88. The van der Waals surface area contributed by atoms with Crippen LogP contribution in [0.15, 0.2) is 82.3 Å². The highest BCUT2D eigenvalue weighted by Crippen LogP contribution is 2.46. The predicted octanol–water partition coefficient (Wildman–Crippen LogP) is 2.25. The molecule has 2 aromatic carbocycles. The molecule has 3 aliphatic heterocycles. The van der Waals surface area contributed by atoms with Crippen molar-refractivity contribution in [2.75, 3.05) is 24.6 Å². The highest BCUT2D eigenvalue weighted by Gasteiger charge is 2.66. The maximum atomic E-state index is 14.1. The SMILES string of the molecule is CC(C)(C)OC(=O)C1=C(CSc2cnns2)CS[C@H]2N1C(=O)[C@@]2(NO)NC(=O)C(NC(=O)N1CCN(Cc2ccccc2)C(=O)C1=O)c1ccccc1. The Balaban J connectivity index is 1.21. The van der Waals surface area contributed by atoms with Crippen LogP contribution >= 0.6 is 35.1 Å². The minimum atomic E-state index is -2.11. The molecule has 6 rings (SSSR count). The van der Waals surface area contributed by atoms with E-state index in [2.05, 4.69) is 20.2 Å². The number of piperazine rings is 1. The van der Waals surface area contributed by atoms with E-state index in [0.717, 1.165) is 14.7 Å². The van der Waals surface area contributed by atoms with Crippen LogP contribution in [0.1, 0.15) is 37.9 Å². The van der Waals surface area contributed by atoms with Crippen LogP contribution in [-0.4, -0.2) is 106 Å². The van der Waals surface area contributed by atoms with E-state index in [1.165, 1.54) is 44.9 Å². The van der Waals surface area contributed by atoms with Crippen molar-refractivity contribution in [3.63, 3.8) is 0 Å². The molecule has 0 saturated carbocycles. The zero-order valence-corrected chi connectivity index (χ0v) is 31.3. The number of nitrogens with zero attached hydrogens (tertiary/aromatic N) is 5. The molecule has 278 valence electrons. The van der Waals surface area contributed by atoms with Gasteiger partial charge < -0.3 is 25.5 Å². The molecule has 1 unspecified atom stereocenters. The number of carbonyl (C=O) groups is 6. The van der Waals surface area contributed by atoms with Gasteiger partial charge in [-0.05, 0) is 49.0 Å². The van der Waals surface area contributed by atoms with Crippen molar-refractivity contribution >= 4 is 70.7 Å². The second-order valence-corrected chi connectivity index (χ2v) is 16.3. The maximum absolute atomic E-state index is 14.1. The van der Waals surface area contributed by atoms with Crippen LogP contribution in [0.4, 0.5) is 4.79 Å². The van der Waals surface area contributed by atoms with Crippen molar-refractivity contribution in [2.45, 2.75) is 54.2 Å². The number of hydrogen-bond donors (Lipinski definition) is 4. The topological polar surface area (TPSA) is 203 Å². The molecule has 3 atom stereocenters. The Morgan fingerprint density at radius 2 is 1.74 bits per heavy atom. The third-order valence-electron chi connectivity index (χ3n) is 8.40. The van der Waals surface area contributed by atoms with Gasteiger partial charge in [-0.2, -0.15) is 5.48 Å². The number of hydroxylamine groups is 1. The fourth-order valence-electron chi connectivity index (χ4n) is 5.91. The zero-order chi connectivity index (χ0) is 37.9. The summed E-state index contributed by atoms with van der Waals surface area (Å²) in [6.45, 7) is 5.22. The second kappa shape index (κ2) is 15.7. The Bertz CT molecular complexity index is 1930. The van der Waals surface area contributed by atoms with E-state index in [1.807, 2.05) is 35.8 Å². The lowest BCUT2D eigenvalue weighted by atomic mass is 9.94. The van der Waals surface area contributed by atoms with Gasteiger partial charge in [0.05, 0.1) is 6.20 Å². The number of fused-ring (bicyclic) bond motifs is 1. The van der Waals surface area contributed by atoms with Gasteiger partial charge in [-0.3, -0.25) is 29.0 Å². The number of nitrogens with one attached hydrogen (secondary N) is 3. The van der Waals surface area contributed by atoms with Gasteiger partial charge >= 0.3 is 23.8 Å². The van der Waals surface area contributed by atoms with E-state index in [9.17, 15) is 34.0 Å². The molecule has 4 N–H and O–H groups in total. The van der Waals surface area contributed by atoms with Gasteiger partial charge in [0, 0.05) is 31.1 Å². The van der Waals surface area contributed by atoms with Crippen LogP contribution in [0.2, 0.25) is 0 Å². The molecule has 0 aliphatic carbocycles. The van der Waals surface area contributed by atoms with E-state index >= 15 is 0 Å². The Labute approximate surface area is 316 Å². The molecule has 2 fully saturated rings. The summed E-state index contributed by atoms with van der Waals surface area (Å²) in [5, 5.41) is 18.4. The normalized spacial score (nSPS) is 20.8. The van der Waals surface area contributed by atoms with Crippen LogP contribution in [-0.2, 0) is 35.3 Å². The fraction of sp³-hybridized carbons (Fsp3) is 0.353. The number of thioether (sulfide) groups is 2. The quantitative estimate of drug-likeness (QED) is 0.0552. The first-order chi connectivity index (χ1) is 25.3. The molecule has 16 nitrogen and oxygen atoms in total. The Morgan fingerprint density at radius 1 is 1.04 bits per heavy atom. The van der Waals surface area contributed by atoms with Crippen molar-refractivity contribution in [3.8, 4) is 0 Å². The van der Waals surface area contributed by atoms with Crippen LogP contribution in [0.25, 0.3) is 0 Å². The van der Waals surface area contributed by atoms with E-state index in [-0.39, 0.29) is 31.1 Å². The molecule has 3 aromatic rings. The van der Waals surface area contributed by atoms with Gasteiger partial charge in [0.1, 0.15) is 26.9 Å². The number of amides is 6. The van der Waals surface area contributed by atoms with Crippen LogP contribution in [0, 0.1) is 0 Å². The molecule has 6 amide bonds. The van der Waals surface area contributed by atoms with Crippen molar-refractivity contribution < 1.29 is 38.7 Å². The fourth-order valence-corrected chi connectivity index (χ4v) is 8.88. The summed E-state index contributed by atoms with van der Waals surface area (Å²) in [5.41, 5.74) is 0.676. The lowest BCUT2D eigenvalue weighted by molar-refractivity contribution is -0.174. The third kappa shape index (κ3) is 7.93. The van der Waals surface area contributed by atoms with Gasteiger partial charge in [0.25, 0.3) is 5.91 Å². The Kier molecular flexibility index (Phi) is 11.2. The summed E-state index contributed by atoms with van der Waals surface area (Å²) in [7, 11) is 0.